The number of aromatic hydroxyl groups is 1. The zero-order chi connectivity index (χ0) is 31.3. The lowest BCUT2D eigenvalue weighted by molar-refractivity contribution is -0.122. The summed E-state index contributed by atoms with van der Waals surface area (Å²) >= 11 is 2.18. The van der Waals surface area contributed by atoms with E-state index in [9.17, 15) is 24.3 Å². The van der Waals surface area contributed by atoms with Crippen LogP contribution < -0.4 is 19.8 Å². The smallest absolute Gasteiger partial charge is 0.308 e. The van der Waals surface area contributed by atoms with Crippen LogP contribution in [0.3, 0.4) is 0 Å². The average Bonchev–Trinajstić information content (AvgIpc) is 3.44. The van der Waals surface area contributed by atoms with E-state index in [0.29, 0.717) is 27.0 Å². The number of hydrogen-bond donors (Lipinski definition) is 2. The molecular weight excluding hydrogens is 599 g/mol. The number of carbonyl (C=O) groups excluding carboxylic acids is 3. The highest BCUT2D eigenvalue weighted by molar-refractivity contribution is 8.00. The molecule has 6 rings (SSSR count). The van der Waals surface area contributed by atoms with E-state index in [4.69, 9.17) is 4.74 Å². The lowest BCUT2D eigenvalue weighted by Gasteiger charge is -2.31. The molecule has 0 radical (unpaired) electrons. The van der Waals surface area contributed by atoms with Gasteiger partial charge in [-0.15, -0.1) is 0 Å². The molecule has 44 heavy (non-hydrogen) atoms. The molecule has 2 N–H and O–H groups in total. The van der Waals surface area contributed by atoms with Gasteiger partial charge < -0.3 is 15.2 Å². The molecule has 226 valence electrons. The van der Waals surface area contributed by atoms with Crippen LogP contribution in [-0.2, 0) is 26.3 Å². The standard InChI is InChI=1S/C33H31N3O6S2/c1-33(2,3)19-7-5-18(6-8-19)25-26-27(30(40)36(29(26)39)21-11-15-23(42-4)16-12-21)43-31-28(25)44-32(41)35(31)17-24(38)34-20-9-13-22(37)14-10-20/h5-16,25-27,37H,17H2,1-4H3,(H,34,38)/t25-,26?,27?/m1/s1. The number of fused-ring (bicyclic) bond motifs is 2. The summed E-state index contributed by atoms with van der Waals surface area (Å²) in [6, 6.07) is 20.8. The van der Waals surface area contributed by atoms with Crippen LogP contribution in [0.2, 0.25) is 0 Å². The third-order valence-corrected chi connectivity index (χ3v) is 10.6. The predicted molar refractivity (Wildman–Crippen MR) is 171 cm³/mol. The summed E-state index contributed by atoms with van der Waals surface area (Å²) in [5.74, 6) is -1.74. The van der Waals surface area contributed by atoms with E-state index >= 15 is 0 Å². The zero-order valence-corrected chi connectivity index (χ0v) is 26.2. The van der Waals surface area contributed by atoms with E-state index in [1.807, 2.05) is 24.3 Å². The number of anilines is 2. The van der Waals surface area contributed by atoms with Crippen molar-refractivity contribution in [3.05, 3.63) is 98.5 Å². The number of nitrogens with one attached hydrogen (secondary N) is 1. The summed E-state index contributed by atoms with van der Waals surface area (Å²) in [5, 5.41) is 12.0. The Hall–Kier alpha value is -4.35. The molecule has 3 aromatic carbocycles. The minimum atomic E-state index is -0.787. The lowest BCUT2D eigenvalue weighted by Crippen LogP contribution is -2.33. The Bertz CT molecular complexity index is 1800. The van der Waals surface area contributed by atoms with Crippen molar-refractivity contribution >= 4 is 52.2 Å². The van der Waals surface area contributed by atoms with Crippen molar-refractivity contribution in [2.24, 2.45) is 5.92 Å². The minimum Gasteiger partial charge on any atom is -0.508 e. The van der Waals surface area contributed by atoms with Crippen molar-refractivity contribution in [2.75, 3.05) is 17.3 Å². The second kappa shape index (κ2) is 11.3. The summed E-state index contributed by atoms with van der Waals surface area (Å²) in [5.41, 5.74) is 2.79. The van der Waals surface area contributed by atoms with Crippen molar-refractivity contribution in [3.8, 4) is 11.5 Å². The quantitative estimate of drug-likeness (QED) is 0.218. The van der Waals surface area contributed by atoms with Gasteiger partial charge in [-0.25, -0.2) is 4.90 Å². The van der Waals surface area contributed by atoms with Crippen LogP contribution in [0.25, 0.3) is 0 Å². The second-order valence-electron chi connectivity index (χ2n) is 11.8. The number of amides is 3. The van der Waals surface area contributed by atoms with Crippen molar-refractivity contribution in [1.82, 2.24) is 4.57 Å². The SMILES string of the molecule is COc1ccc(N2C(=O)C3Sc4c(sc(=O)n4CC(=O)Nc4ccc(O)cc4)[C@H](c4ccc(C(C)(C)C)cc4)C3C2=O)cc1. The van der Waals surface area contributed by atoms with E-state index in [0.717, 1.165) is 22.5 Å². The van der Waals surface area contributed by atoms with E-state index in [1.54, 1.807) is 43.5 Å². The number of phenols is 1. The van der Waals surface area contributed by atoms with Gasteiger partial charge in [-0.2, -0.15) is 0 Å². The fourth-order valence-electron chi connectivity index (χ4n) is 5.68. The molecule has 0 bridgehead atoms. The van der Waals surface area contributed by atoms with Crippen LogP contribution in [-0.4, -0.2) is 39.8 Å². The van der Waals surface area contributed by atoms with Gasteiger partial charge in [-0.1, -0.05) is 68.1 Å². The molecule has 4 aromatic rings. The summed E-state index contributed by atoms with van der Waals surface area (Å²) in [4.78, 5) is 56.1. The largest absolute Gasteiger partial charge is 0.508 e. The number of rotatable bonds is 6. The number of hydrogen-bond acceptors (Lipinski definition) is 8. The van der Waals surface area contributed by atoms with E-state index in [-0.39, 0.29) is 34.4 Å². The first-order valence-electron chi connectivity index (χ1n) is 14.1. The van der Waals surface area contributed by atoms with Crippen molar-refractivity contribution in [1.29, 1.82) is 0 Å². The van der Waals surface area contributed by atoms with Gasteiger partial charge in [0, 0.05) is 16.5 Å². The number of aromatic nitrogens is 1. The summed E-state index contributed by atoms with van der Waals surface area (Å²) in [6.45, 7) is 6.09. The Morgan fingerprint density at radius 3 is 2.20 bits per heavy atom. The predicted octanol–water partition coefficient (Wildman–Crippen LogP) is 5.36. The monoisotopic (exact) mass is 629 g/mol. The van der Waals surface area contributed by atoms with E-state index in [1.165, 1.54) is 33.4 Å². The molecule has 9 nitrogen and oxygen atoms in total. The highest BCUT2D eigenvalue weighted by Gasteiger charge is 2.56. The number of thiazole rings is 1. The van der Waals surface area contributed by atoms with Gasteiger partial charge in [0.15, 0.2) is 0 Å². The molecule has 0 saturated carbocycles. The number of ether oxygens (including phenoxy) is 1. The molecule has 2 aliphatic heterocycles. The normalized spacial score (nSPS) is 19.5. The van der Waals surface area contributed by atoms with Gasteiger partial charge in [0.05, 0.1) is 23.7 Å². The van der Waals surface area contributed by atoms with Crippen molar-refractivity contribution in [3.63, 3.8) is 0 Å². The molecule has 0 spiro atoms. The van der Waals surface area contributed by atoms with Crippen molar-refractivity contribution < 1.29 is 24.2 Å². The van der Waals surface area contributed by atoms with Crippen LogP contribution in [0.4, 0.5) is 11.4 Å². The van der Waals surface area contributed by atoms with E-state index < -0.39 is 23.0 Å². The number of thioether (sulfide) groups is 1. The second-order valence-corrected chi connectivity index (χ2v) is 14.0. The van der Waals surface area contributed by atoms with Gasteiger partial charge in [-0.3, -0.25) is 23.7 Å². The molecule has 1 saturated heterocycles. The van der Waals surface area contributed by atoms with Crippen LogP contribution in [0.1, 0.15) is 42.7 Å². The Balaban J connectivity index is 1.41. The van der Waals surface area contributed by atoms with Crippen LogP contribution in [0.5, 0.6) is 11.5 Å². The molecule has 2 aliphatic rings. The highest BCUT2D eigenvalue weighted by atomic mass is 32.2. The van der Waals surface area contributed by atoms with Crippen molar-refractivity contribution in [2.45, 2.75) is 48.9 Å². The lowest BCUT2D eigenvalue weighted by atomic mass is 9.81. The first kappa shape index (κ1) is 29.7. The molecule has 3 atom stereocenters. The Kier molecular flexibility index (Phi) is 7.63. The third-order valence-electron chi connectivity index (χ3n) is 7.97. The molecule has 11 heteroatoms. The zero-order valence-electron chi connectivity index (χ0n) is 24.6. The molecular formula is C33H31N3O6S2. The molecule has 2 unspecified atom stereocenters. The van der Waals surface area contributed by atoms with Gasteiger partial charge in [0.1, 0.15) is 23.3 Å². The fraction of sp³-hybridized carbons (Fsp3) is 0.273. The molecule has 1 fully saturated rings. The van der Waals surface area contributed by atoms with Gasteiger partial charge >= 0.3 is 4.87 Å². The first-order valence-corrected chi connectivity index (χ1v) is 15.8. The van der Waals surface area contributed by atoms with Crippen LogP contribution in [0, 0.1) is 5.92 Å². The Morgan fingerprint density at radius 1 is 0.932 bits per heavy atom. The number of methoxy groups -OCH3 is 1. The minimum absolute atomic E-state index is 0.0677. The van der Waals surface area contributed by atoms with Gasteiger partial charge in [0.25, 0.3) is 0 Å². The maximum Gasteiger partial charge on any atom is 0.308 e. The molecule has 1 aromatic heterocycles. The Labute approximate surface area is 262 Å². The fourth-order valence-corrected chi connectivity index (χ4v) is 8.45. The maximum absolute atomic E-state index is 14.1. The molecule has 3 amide bonds. The van der Waals surface area contributed by atoms with Crippen LogP contribution in [0.15, 0.2) is 82.6 Å². The number of nitrogens with zero attached hydrogens (tertiary/aromatic N) is 2. The number of carbonyl (C=O) groups is 3. The van der Waals surface area contributed by atoms with Crippen LogP contribution >= 0.6 is 23.1 Å². The number of benzene rings is 3. The first-order chi connectivity index (χ1) is 21.0. The molecule has 0 aliphatic carbocycles. The number of phenolic OH excluding ortho intramolecular Hbond substituents is 1. The maximum atomic E-state index is 14.1. The molecule has 3 heterocycles. The third kappa shape index (κ3) is 5.30. The van der Waals surface area contributed by atoms with E-state index in [2.05, 4.69) is 26.1 Å². The highest BCUT2D eigenvalue weighted by Crippen LogP contribution is 2.54. The summed E-state index contributed by atoms with van der Waals surface area (Å²) in [6.07, 6.45) is 0. The number of imide groups is 1. The summed E-state index contributed by atoms with van der Waals surface area (Å²) < 4.78 is 6.64. The summed E-state index contributed by atoms with van der Waals surface area (Å²) in [7, 11) is 1.55. The van der Waals surface area contributed by atoms with Gasteiger partial charge in [0.2, 0.25) is 17.7 Å². The Morgan fingerprint density at radius 2 is 1.59 bits per heavy atom. The van der Waals surface area contributed by atoms with Gasteiger partial charge in [-0.05, 0) is 65.1 Å². The topological polar surface area (TPSA) is 118 Å². The average molecular weight is 630 g/mol.